The molecule has 0 saturated carbocycles. The van der Waals surface area contributed by atoms with E-state index >= 15 is 0 Å². The smallest absolute Gasteiger partial charge is 0.265 e. The lowest BCUT2D eigenvalue weighted by Gasteiger charge is -2.37. The second-order valence-electron chi connectivity index (χ2n) is 7.85. The van der Waals surface area contributed by atoms with E-state index in [9.17, 15) is 4.79 Å². The van der Waals surface area contributed by atoms with Crippen molar-refractivity contribution in [2.45, 2.75) is 70.5 Å². The summed E-state index contributed by atoms with van der Waals surface area (Å²) >= 11 is 1.60. The fourth-order valence-electron chi connectivity index (χ4n) is 4.47. The highest BCUT2D eigenvalue weighted by molar-refractivity contribution is 7.99. The molecular weight excluding hydrogens is 368 g/mol. The van der Waals surface area contributed by atoms with E-state index in [4.69, 9.17) is 10.1 Å². The third kappa shape index (κ3) is 2.65. The number of thioether (sulfide) groups is 1. The fraction of sp³-hybridized carbons (Fsp3) is 0.500. The first kappa shape index (κ1) is 19.2. The average Bonchev–Trinajstić information content (AvgIpc) is 3.06. The molecule has 0 spiro atoms. The third-order valence-electron chi connectivity index (χ3n) is 6.10. The van der Waals surface area contributed by atoms with Gasteiger partial charge in [0.1, 0.15) is 0 Å². The van der Waals surface area contributed by atoms with E-state index in [0.29, 0.717) is 5.78 Å². The number of hydrogen-bond acceptors (Lipinski definition) is 4. The zero-order chi connectivity index (χ0) is 20.1. The Kier molecular flexibility index (Phi) is 4.86. The van der Waals surface area contributed by atoms with Gasteiger partial charge >= 0.3 is 0 Å². The lowest BCUT2D eigenvalue weighted by molar-refractivity contribution is 0.382. The van der Waals surface area contributed by atoms with Crippen molar-refractivity contribution in [2.24, 2.45) is 0 Å². The summed E-state index contributed by atoms with van der Waals surface area (Å²) in [5.74, 6) is 1.51. The number of rotatable bonds is 5. The van der Waals surface area contributed by atoms with E-state index in [0.717, 1.165) is 47.0 Å². The maximum absolute atomic E-state index is 13.9. The highest BCUT2D eigenvalue weighted by atomic mass is 32.2. The zero-order valence-corrected chi connectivity index (χ0v) is 18.1. The first-order valence-electron chi connectivity index (χ1n) is 10.2. The van der Waals surface area contributed by atoms with Crippen molar-refractivity contribution in [1.82, 2.24) is 19.2 Å². The Bertz CT molecular complexity index is 1090. The van der Waals surface area contributed by atoms with Gasteiger partial charge < -0.3 is 0 Å². The van der Waals surface area contributed by atoms with Crippen molar-refractivity contribution in [1.29, 1.82) is 0 Å². The molecule has 2 aromatic heterocycles. The Labute approximate surface area is 170 Å². The second kappa shape index (κ2) is 7.07. The molecule has 1 aromatic carbocycles. The van der Waals surface area contributed by atoms with Crippen molar-refractivity contribution >= 4 is 17.5 Å². The first-order valence-corrected chi connectivity index (χ1v) is 11.2. The molecule has 0 bridgehead atoms. The first-order chi connectivity index (χ1) is 13.5. The molecule has 0 aliphatic heterocycles. The third-order valence-corrected chi connectivity index (χ3v) is 6.91. The van der Waals surface area contributed by atoms with Crippen LogP contribution in [0.3, 0.4) is 0 Å². The van der Waals surface area contributed by atoms with Gasteiger partial charge in [0.25, 0.3) is 5.56 Å². The van der Waals surface area contributed by atoms with Crippen molar-refractivity contribution in [2.75, 3.05) is 5.75 Å². The van der Waals surface area contributed by atoms with Gasteiger partial charge in [-0.2, -0.15) is 0 Å². The minimum absolute atomic E-state index is 0.0565. The second-order valence-corrected chi connectivity index (χ2v) is 9.08. The van der Waals surface area contributed by atoms with Crippen LogP contribution in [0.5, 0.6) is 0 Å². The fourth-order valence-corrected chi connectivity index (χ4v) is 5.17. The highest BCUT2D eigenvalue weighted by Crippen LogP contribution is 2.44. The van der Waals surface area contributed by atoms with Crippen molar-refractivity contribution in [3.63, 3.8) is 0 Å². The summed E-state index contributed by atoms with van der Waals surface area (Å²) in [5.41, 5.74) is 3.98. The molecule has 0 radical (unpaired) electrons. The van der Waals surface area contributed by atoms with Crippen molar-refractivity contribution in [3.8, 4) is 11.3 Å². The van der Waals surface area contributed by atoms with Gasteiger partial charge in [0, 0.05) is 11.0 Å². The number of benzene rings is 1. The molecule has 2 heterocycles. The molecule has 3 aromatic rings. The van der Waals surface area contributed by atoms with Crippen molar-refractivity contribution < 1.29 is 0 Å². The van der Waals surface area contributed by atoms with Crippen LogP contribution in [0.4, 0.5) is 0 Å². The summed E-state index contributed by atoms with van der Waals surface area (Å²) in [6, 6.07) is 8.53. The maximum atomic E-state index is 13.9. The standard InChI is InChI=1S/C22H28N4OS/c1-6-22(7-2)13-15-11-9-10-12-16(15)18-17(22)19(27)25-20(23-18)26(14(4)5)24-21(25)28-8-3/h9-12,14H,6-8,13H2,1-5H3. The number of nitrogens with zero attached hydrogens (tertiary/aromatic N) is 4. The minimum Gasteiger partial charge on any atom is -0.268 e. The van der Waals surface area contributed by atoms with Crippen LogP contribution in [-0.2, 0) is 11.8 Å². The quantitative estimate of drug-likeness (QED) is 0.578. The lowest BCUT2D eigenvalue weighted by Crippen LogP contribution is -2.39. The van der Waals surface area contributed by atoms with Crippen LogP contribution in [0.25, 0.3) is 17.0 Å². The van der Waals surface area contributed by atoms with Crippen LogP contribution >= 0.6 is 11.8 Å². The van der Waals surface area contributed by atoms with Gasteiger partial charge in [0.15, 0.2) is 5.16 Å². The molecule has 5 nitrogen and oxygen atoms in total. The molecule has 28 heavy (non-hydrogen) atoms. The van der Waals surface area contributed by atoms with Crippen LogP contribution in [0.2, 0.25) is 0 Å². The molecule has 6 heteroatoms. The predicted octanol–water partition coefficient (Wildman–Crippen LogP) is 4.86. The van der Waals surface area contributed by atoms with Gasteiger partial charge in [-0.15, -0.1) is 5.10 Å². The Morgan fingerprint density at radius 2 is 1.89 bits per heavy atom. The number of hydrogen-bond donors (Lipinski definition) is 0. The Hall–Kier alpha value is -2.08. The van der Waals surface area contributed by atoms with Gasteiger partial charge in [0.2, 0.25) is 5.78 Å². The molecule has 4 rings (SSSR count). The lowest BCUT2D eigenvalue weighted by atomic mass is 9.66. The van der Waals surface area contributed by atoms with Gasteiger partial charge in [-0.1, -0.05) is 56.8 Å². The molecule has 148 valence electrons. The predicted molar refractivity (Wildman–Crippen MR) is 115 cm³/mol. The molecule has 0 fully saturated rings. The molecule has 0 atom stereocenters. The van der Waals surface area contributed by atoms with Gasteiger partial charge in [-0.05, 0) is 44.4 Å². The Morgan fingerprint density at radius 3 is 2.54 bits per heavy atom. The van der Waals surface area contributed by atoms with E-state index in [1.165, 1.54) is 5.56 Å². The summed E-state index contributed by atoms with van der Waals surface area (Å²) in [6.07, 6.45) is 2.73. The highest BCUT2D eigenvalue weighted by Gasteiger charge is 2.40. The molecule has 0 saturated heterocycles. The van der Waals surface area contributed by atoms with E-state index in [1.54, 1.807) is 16.2 Å². The van der Waals surface area contributed by atoms with Gasteiger partial charge in [-0.25, -0.2) is 14.1 Å². The van der Waals surface area contributed by atoms with E-state index < -0.39 is 0 Å². The van der Waals surface area contributed by atoms with Gasteiger partial charge in [0.05, 0.1) is 17.3 Å². The Morgan fingerprint density at radius 1 is 1.18 bits per heavy atom. The molecule has 0 unspecified atom stereocenters. The van der Waals surface area contributed by atoms with Gasteiger partial charge in [-0.3, -0.25) is 4.79 Å². The molecule has 1 aliphatic carbocycles. The molecule has 0 amide bonds. The minimum atomic E-state index is -0.178. The topological polar surface area (TPSA) is 52.2 Å². The maximum Gasteiger partial charge on any atom is 0.265 e. The largest absolute Gasteiger partial charge is 0.268 e. The Balaban J connectivity index is 2.17. The summed E-state index contributed by atoms with van der Waals surface area (Å²) in [7, 11) is 0. The van der Waals surface area contributed by atoms with E-state index in [2.05, 4.69) is 52.8 Å². The van der Waals surface area contributed by atoms with Crippen LogP contribution in [-0.4, -0.2) is 24.9 Å². The van der Waals surface area contributed by atoms with Crippen LogP contribution in [0.15, 0.2) is 34.2 Å². The molecule has 0 N–H and O–H groups in total. The SMILES string of the molecule is CCSc1nn(C(C)C)c2nc3c(c(=O)n12)C(CC)(CC)Cc1ccccc1-3. The van der Waals surface area contributed by atoms with Crippen molar-refractivity contribution in [3.05, 3.63) is 45.7 Å². The average molecular weight is 397 g/mol. The van der Waals surface area contributed by atoms with Crippen LogP contribution < -0.4 is 5.56 Å². The number of aromatic nitrogens is 4. The summed E-state index contributed by atoms with van der Waals surface area (Å²) < 4.78 is 3.64. The number of fused-ring (bicyclic) bond motifs is 4. The summed E-state index contributed by atoms with van der Waals surface area (Å²) in [5, 5.41) is 5.49. The van der Waals surface area contributed by atoms with E-state index in [-0.39, 0.29) is 17.0 Å². The summed E-state index contributed by atoms with van der Waals surface area (Å²) in [6.45, 7) is 10.6. The monoisotopic (exact) mass is 396 g/mol. The molecular formula is C22H28N4OS. The van der Waals surface area contributed by atoms with E-state index in [1.807, 2.05) is 10.7 Å². The van der Waals surface area contributed by atoms with Crippen LogP contribution in [0, 0.1) is 0 Å². The zero-order valence-electron chi connectivity index (χ0n) is 17.3. The summed E-state index contributed by atoms with van der Waals surface area (Å²) in [4.78, 5) is 19.0. The molecule has 1 aliphatic rings. The normalized spacial score (nSPS) is 15.1. The van der Waals surface area contributed by atoms with Crippen LogP contribution in [0.1, 0.15) is 64.6 Å².